The second kappa shape index (κ2) is 10.1. The zero-order valence-corrected chi connectivity index (χ0v) is 23.4. The molecule has 4 rings (SSSR count). The van der Waals surface area contributed by atoms with Crippen LogP contribution in [0.25, 0.3) is 0 Å². The normalized spacial score (nSPS) is 16.1. The molecule has 0 bridgehead atoms. The van der Waals surface area contributed by atoms with E-state index in [0.717, 1.165) is 28.6 Å². The predicted molar refractivity (Wildman–Crippen MR) is 139 cm³/mol. The summed E-state index contributed by atoms with van der Waals surface area (Å²) in [6, 6.07) is 7.94. The number of aromatic amines is 1. The number of rotatable bonds is 6. The largest absolute Gasteiger partial charge is 0.485 e. The van der Waals surface area contributed by atoms with E-state index in [1.807, 2.05) is 0 Å². The highest BCUT2D eigenvalue weighted by Gasteiger charge is 2.51. The second-order valence-electron chi connectivity index (χ2n) is 10.4. The minimum Gasteiger partial charge on any atom is -0.485 e. The highest BCUT2D eigenvalue weighted by atomic mass is 32.2. The van der Waals surface area contributed by atoms with Crippen LogP contribution in [0.4, 0.5) is 33.7 Å². The second-order valence-corrected chi connectivity index (χ2v) is 12.3. The summed E-state index contributed by atoms with van der Waals surface area (Å²) in [6.07, 6.45) is -7.17. The summed E-state index contributed by atoms with van der Waals surface area (Å²) in [5, 5.41) is 8.57. The van der Waals surface area contributed by atoms with Gasteiger partial charge < -0.3 is 9.47 Å². The quantitative estimate of drug-likeness (QED) is 0.407. The Morgan fingerprint density at radius 2 is 1.76 bits per heavy atom. The van der Waals surface area contributed by atoms with Gasteiger partial charge in [-0.3, -0.25) is 14.2 Å². The highest BCUT2D eigenvalue weighted by molar-refractivity contribution is 7.92. The zero-order chi connectivity index (χ0) is 30.5. The first kappa shape index (κ1) is 29.9. The number of fused-ring (bicyclic) bond motifs is 1. The van der Waals surface area contributed by atoms with Gasteiger partial charge in [0.15, 0.2) is 0 Å². The maximum Gasteiger partial charge on any atom is 0.427 e. The van der Waals surface area contributed by atoms with Gasteiger partial charge in [-0.15, -0.1) is 0 Å². The Morgan fingerprint density at radius 3 is 2.32 bits per heavy atom. The number of aromatic nitrogens is 3. The lowest BCUT2D eigenvalue weighted by Crippen LogP contribution is -2.52. The van der Waals surface area contributed by atoms with Gasteiger partial charge in [0.1, 0.15) is 23.5 Å². The van der Waals surface area contributed by atoms with Gasteiger partial charge in [-0.25, -0.2) is 27.5 Å². The van der Waals surface area contributed by atoms with Crippen molar-refractivity contribution in [1.82, 2.24) is 14.8 Å². The Labute approximate surface area is 232 Å². The minimum absolute atomic E-state index is 0.0508. The van der Waals surface area contributed by atoms with Gasteiger partial charge in [0.25, 0.3) is 10.0 Å². The molecule has 3 aromatic rings. The first-order chi connectivity index (χ1) is 18.8. The molecule has 0 fully saturated rings. The zero-order valence-electron chi connectivity index (χ0n) is 22.5. The van der Waals surface area contributed by atoms with Crippen LogP contribution in [0.5, 0.6) is 5.75 Å². The van der Waals surface area contributed by atoms with E-state index in [-0.39, 0.29) is 34.4 Å². The molecule has 41 heavy (non-hydrogen) atoms. The molecule has 0 spiro atoms. The fourth-order valence-electron chi connectivity index (χ4n) is 4.17. The van der Waals surface area contributed by atoms with Crippen LogP contribution in [-0.2, 0) is 27.2 Å². The smallest absolute Gasteiger partial charge is 0.427 e. The fourth-order valence-corrected chi connectivity index (χ4v) is 5.63. The molecular weight excluding hydrogens is 574 g/mol. The number of halogens is 4. The average Bonchev–Trinajstić information content (AvgIpc) is 3.21. The Morgan fingerprint density at radius 1 is 1.12 bits per heavy atom. The summed E-state index contributed by atoms with van der Waals surface area (Å²) in [6.45, 7) is 4.46. The summed E-state index contributed by atoms with van der Waals surface area (Å²) in [4.78, 5) is 24.1. The van der Waals surface area contributed by atoms with Crippen LogP contribution >= 0.6 is 0 Å². The standard InChI is InChI=1S/C25H27F4N5O6S/c1-23(2,20-31-32-21(35)33(20)5)19-13-34(41(37,38)16-9-6-14(26)7-10-16)17-12-15(8-11-18(17)39-19)30-22(36)40-24(3,4)25(27,28)29/h6-12,19H,13H2,1-5H3,(H,30,36)(H,32,35)/t19-/m1/s1. The first-order valence-corrected chi connectivity index (χ1v) is 13.6. The average molecular weight is 602 g/mol. The Bertz CT molecular complexity index is 1630. The number of hydrogen-bond acceptors (Lipinski definition) is 7. The van der Waals surface area contributed by atoms with Crippen molar-refractivity contribution in [1.29, 1.82) is 0 Å². The minimum atomic E-state index is -4.84. The van der Waals surface area contributed by atoms with E-state index in [2.05, 4.69) is 20.3 Å². The van der Waals surface area contributed by atoms with Crippen molar-refractivity contribution < 1.29 is 40.2 Å². The molecule has 2 heterocycles. The number of hydrogen-bond donors (Lipinski definition) is 2. The molecule has 0 saturated heterocycles. The van der Waals surface area contributed by atoms with E-state index in [1.54, 1.807) is 13.8 Å². The van der Waals surface area contributed by atoms with Gasteiger partial charge in [-0.2, -0.15) is 18.3 Å². The number of nitrogens with zero attached hydrogens (tertiary/aromatic N) is 3. The van der Waals surface area contributed by atoms with Crippen LogP contribution < -0.4 is 20.0 Å². The summed E-state index contributed by atoms with van der Waals surface area (Å²) in [5.41, 5.74) is -4.45. The third-order valence-electron chi connectivity index (χ3n) is 6.77. The maximum absolute atomic E-state index is 13.8. The van der Waals surface area contributed by atoms with E-state index < -0.39 is 50.9 Å². The fraction of sp³-hybridized carbons (Fsp3) is 0.400. The molecule has 0 aliphatic carbocycles. The maximum atomic E-state index is 13.8. The number of benzene rings is 2. The lowest BCUT2D eigenvalue weighted by Gasteiger charge is -2.41. The van der Waals surface area contributed by atoms with Crippen LogP contribution in [0.1, 0.15) is 33.5 Å². The number of amides is 1. The van der Waals surface area contributed by atoms with E-state index in [4.69, 9.17) is 4.74 Å². The lowest BCUT2D eigenvalue weighted by atomic mass is 9.84. The molecule has 0 unspecified atom stereocenters. The molecule has 11 nitrogen and oxygen atoms in total. The van der Waals surface area contributed by atoms with E-state index in [1.165, 1.54) is 29.8 Å². The molecule has 1 aliphatic rings. The molecular formula is C25H27F4N5O6S. The van der Waals surface area contributed by atoms with Crippen molar-refractivity contribution in [3.63, 3.8) is 0 Å². The number of ether oxygens (including phenoxy) is 2. The molecule has 0 saturated carbocycles. The van der Waals surface area contributed by atoms with Crippen molar-refractivity contribution in [2.24, 2.45) is 7.05 Å². The molecule has 1 atom stereocenters. The van der Waals surface area contributed by atoms with Gasteiger partial charge in [-0.05, 0) is 70.2 Å². The molecule has 1 aromatic heterocycles. The Kier molecular flexibility index (Phi) is 7.35. The van der Waals surface area contributed by atoms with Crippen molar-refractivity contribution in [2.75, 3.05) is 16.2 Å². The topological polar surface area (TPSA) is 136 Å². The molecule has 2 aromatic carbocycles. The summed E-state index contributed by atoms with van der Waals surface area (Å²) >= 11 is 0. The Hall–Kier alpha value is -4.08. The van der Waals surface area contributed by atoms with E-state index in [9.17, 15) is 35.6 Å². The first-order valence-electron chi connectivity index (χ1n) is 12.1. The summed E-state index contributed by atoms with van der Waals surface area (Å²) < 4.78 is 93.6. The van der Waals surface area contributed by atoms with E-state index >= 15 is 0 Å². The van der Waals surface area contributed by atoms with Crippen molar-refractivity contribution >= 4 is 27.5 Å². The number of carbonyl (C=O) groups excluding carboxylic acids is 1. The number of anilines is 2. The molecule has 0 radical (unpaired) electrons. The van der Waals surface area contributed by atoms with Crippen molar-refractivity contribution in [3.05, 3.63) is 64.6 Å². The number of sulfonamides is 1. The molecule has 2 N–H and O–H groups in total. The van der Waals surface area contributed by atoms with Gasteiger partial charge in [0, 0.05) is 12.7 Å². The number of alkyl halides is 3. The lowest BCUT2D eigenvalue weighted by molar-refractivity contribution is -0.242. The summed E-state index contributed by atoms with van der Waals surface area (Å²) in [5.74, 6) is -0.324. The van der Waals surface area contributed by atoms with Crippen LogP contribution in [0.3, 0.4) is 0 Å². The highest BCUT2D eigenvalue weighted by Crippen LogP contribution is 2.43. The number of H-pyrrole nitrogens is 1. The van der Waals surface area contributed by atoms with Gasteiger partial charge >= 0.3 is 18.0 Å². The third-order valence-corrected chi connectivity index (χ3v) is 8.56. The van der Waals surface area contributed by atoms with Crippen LogP contribution in [0.15, 0.2) is 52.2 Å². The van der Waals surface area contributed by atoms with Crippen molar-refractivity contribution in [2.45, 2.75) is 55.9 Å². The molecule has 16 heteroatoms. The number of nitrogens with one attached hydrogen (secondary N) is 2. The van der Waals surface area contributed by atoms with Crippen LogP contribution in [-0.4, -0.2) is 53.7 Å². The van der Waals surface area contributed by atoms with Crippen molar-refractivity contribution in [3.8, 4) is 5.75 Å². The van der Waals surface area contributed by atoms with Gasteiger partial charge in [-0.1, -0.05) is 0 Å². The van der Waals surface area contributed by atoms with E-state index in [0.29, 0.717) is 13.8 Å². The molecule has 1 aliphatic heterocycles. The molecule has 222 valence electrons. The van der Waals surface area contributed by atoms with Gasteiger partial charge in [0.2, 0.25) is 5.60 Å². The van der Waals surface area contributed by atoms with Crippen LogP contribution in [0.2, 0.25) is 0 Å². The Balaban J connectivity index is 1.75. The molecule has 1 amide bonds. The predicted octanol–water partition coefficient (Wildman–Crippen LogP) is 4.07. The summed E-state index contributed by atoms with van der Waals surface area (Å²) in [7, 11) is -2.88. The van der Waals surface area contributed by atoms with Gasteiger partial charge in [0.05, 0.1) is 22.5 Å². The van der Waals surface area contributed by atoms with Crippen LogP contribution in [0, 0.1) is 5.82 Å². The third kappa shape index (κ3) is 5.60. The SMILES string of the molecule is Cn1c(C(C)(C)[C@H]2CN(S(=O)(=O)c3ccc(F)cc3)c3cc(NC(=O)OC(C)(C)C(F)(F)F)ccc3O2)n[nH]c1=O. The number of carbonyl (C=O) groups is 1. The monoisotopic (exact) mass is 601 g/mol.